The van der Waals surface area contributed by atoms with Gasteiger partial charge in [0.1, 0.15) is 6.10 Å². The van der Waals surface area contributed by atoms with Gasteiger partial charge in [-0.3, -0.25) is 10.1 Å². The highest BCUT2D eigenvalue weighted by Gasteiger charge is 2.02. The topological polar surface area (TPSA) is 66.8 Å². The summed E-state index contributed by atoms with van der Waals surface area (Å²) in [5.74, 6) is -0.699. The second-order valence-electron chi connectivity index (χ2n) is 5.65. The number of hydrogen-bond donors (Lipinski definition) is 2. The lowest BCUT2D eigenvalue weighted by Crippen LogP contribution is -2.06. The summed E-state index contributed by atoms with van der Waals surface area (Å²) in [6.45, 7) is 2.15. The number of carboxylic acids is 1. The summed E-state index contributed by atoms with van der Waals surface area (Å²) in [6, 6.07) is 0. The molecule has 0 amide bonds. The lowest BCUT2D eigenvalue weighted by molar-refractivity contribution is -0.267. The molecule has 0 radical (unpaired) electrons. The van der Waals surface area contributed by atoms with Gasteiger partial charge in [0.15, 0.2) is 0 Å². The predicted molar refractivity (Wildman–Crippen MR) is 89.9 cm³/mol. The first kappa shape index (κ1) is 20.9. The summed E-state index contributed by atoms with van der Waals surface area (Å²) in [7, 11) is 0. The van der Waals surface area contributed by atoms with E-state index in [9.17, 15) is 4.79 Å². The Labute approximate surface area is 134 Å². The number of allylic oxidation sites excluding steroid dienone is 3. The van der Waals surface area contributed by atoms with Gasteiger partial charge in [0.25, 0.3) is 0 Å². The van der Waals surface area contributed by atoms with Gasteiger partial charge in [-0.05, 0) is 25.7 Å². The molecule has 0 saturated carbocycles. The zero-order valence-corrected chi connectivity index (χ0v) is 13.9. The molecule has 0 aliphatic rings. The first-order valence-corrected chi connectivity index (χ1v) is 8.56. The number of carbonyl (C=O) groups is 1. The van der Waals surface area contributed by atoms with Crippen molar-refractivity contribution in [1.82, 2.24) is 0 Å². The van der Waals surface area contributed by atoms with Gasteiger partial charge in [-0.1, -0.05) is 69.8 Å². The van der Waals surface area contributed by atoms with Gasteiger partial charge in [0.2, 0.25) is 0 Å². The molecular formula is C18H32O4. The van der Waals surface area contributed by atoms with Crippen LogP contribution < -0.4 is 0 Å². The van der Waals surface area contributed by atoms with E-state index < -0.39 is 5.97 Å². The molecule has 1 unspecified atom stereocenters. The lowest BCUT2D eigenvalue weighted by atomic mass is 10.1. The monoisotopic (exact) mass is 312 g/mol. The third kappa shape index (κ3) is 15.3. The maximum atomic E-state index is 10.3. The van der Waals surface area contributed by atoms with E-state index in [-0.39, 0.29) is 12.5 Å². The molecule has 0 bridgehead atoms. The highest BCUT2D eigenvalue weighted by atomic mass is 17.1. The highest BCUT2D eigenvalue weighted by Crippen LogP contribution is 2.09. The molecule has 1 atom stereocenters. The molecule has 4 heteroatoms. The van der Waals surface area contributed by atoms with E-state index in [1.54, 1.807) is 0 Å². The number of rotatable bonds is 15. The van der Waals surface area contributed by atoms with Crippen molar-refractivity contribution in [3.63, 3.8) is 0 Å². The fourth-order valence-corrected chi connectivity index (χ4v) is 2.21. The van der Waals surface area contributed by atoms with E-state index in [0.29, 0.717) is 0 Å². The van der Waals surface area contributed by atoms with E-state index in [1.807, 2.05) is 18.2 Å². The molecular weight excluding hydrogens is 280 g/mol. The molecule has 0 saturated heterocycles. The Bertz CT molecular complexity index is 310. The summed E-state index contributed by atoms with van der Waals surface area (Å²) < 4.78 is 0. The van der Waals surface area contributed by atoms with Gasteiger partial charge in [0.05, 0.1) is 0 Å². The Morgan fingerprint density at radius 2 is 1.77 bits per heavy atom. The van der Waals surface area contributed by atoms with Gasteiger partial charge in [0, 0.05) is 6.42 Å². The van der Waals surface area contributed by atoms with Crippen LogP contribution in [-0.2, 0) is 9.68 Å². The Morgan fingerprint density at radius 3 is 2.45 bits per heavy atom. The maximum absolute atomic E-state index is 10.3. The Kier molecular flexibility index (Phi) is 15.4. The smallest absolute Gasteiger partial charge is 0.303 e. The van der Waals surface area contributed by atoms with Crippen molar-refractivity contribution >= 4 is 5.97 Å². The molecule has 22 heavy (non-hydrogen) atoms. The third-order valence-electron chi connectivity index (χ3n) is 3.56. The summed E-state index contributed by atoms with van der Waals surface area (Å²) in [5, 5.41) is 17.3. The second kappa shape index (κ2) is 16.2. The first-order chi connectivity index (χ1) is 10.7. The lowest BCUT2D eigenvalue weighted by Gasteiger charge is -2.07. The van der Waals surface area contributed by atoms with E-state index in [1.165, 1.54) is 0 Å². The zero-order chi connectivity index (χ0) is 16.5. The normalized spacial score (nSPS) is 13.2. The SMILES string of the molecule is CCCCCC(/C=C/C=C\CCCCCCCC(=O)O)OO. The second-order valence-corrected chi connectivity index (χ2v) is 5.65. The quantitative estimate of drug-likeness (QED) is 0.185. The van der Waals surface area contributed by atoms with Crippen molar-refractivity contribution in [1.29, 1.82) is 0 Å². The molecule has 0 fully saturated rings. The standard InChI is InChI=1S/C18H32O4/c1-2-3-11-14-17(22-21)15-12-9-7-5-4-6-8-10-13-16-18(19)20/h7,9,12,15,17,21H,2-6,8,10-11,13-14,16H2,1H3,(H,19,20)/b9-7-,15-12+. The molecule has 0 aromatic rings. The zero-order valence-electron chi connectivity index (χ0n) is 13.9. The Morgan fingerprint density at radius 1 is 1.05 bits per heavy atom. The van der Waals surface area contributed by atoms with Crippen LogP contribution in [0.5, 0.6) is 0 Å². The Hall–Kier alpha value is -1.13. The average Bonchev–Trinajstić information content (AvgIpc) is 2.50. The van der Waals surface area contributed by atoms with Gasteiger partial charge in [-0.2, -0.15) is 0 Å². The summed E-state index contributed by atoms with van der Waals surface area (Å²) in [4.78, 5) is 14.8. The number of carboxylic acid groups (broad SMARTS) is 1. The van der Waals surface area contributed by atoms with Crippen molar-refractivity contribution < 1.29 is 20.0 Å². The highest BCUT2D eigenvalue weighted by molar-refractivity contribution is 5.66. The minimum Gasteiger partial charge on any atom is -0.481 e. The average molecular weight is 312 g/mol. The van der Waals surface area contributed by atoms with Crippen LogP contribution in [0.25, 0.3) is 0 Å². The van der Waals surface area contributed by atoms with E-state index in [4.69, 9.17) is 10.4 Å². The molecule has 0 aromatic heterocycles. The van der Waals surface area contributed by atoms with Crippen molar-refractivity contribution in [2.75, 3.05) is 0 Å². The van der Waals surface area contributed by atoms with Crippen molar-refractivity contribution in [3.8, 4) is 0 Å². The minimum absolute atomic E-state index is 0.203. The van der Waals surface area contributed by atoms with Gasteiger partial charge >= 0.3 is 5.97 Å². The molecule has 0 heterocycles. The molecule has 0 aliphatic carbocycles. The fraction of sp³-hybridized carbons (Fsp3) is 0.722. The number of aliphatic carboxylic acids is 1. The summed E-state index contributed by atoms with van der Waals surface area (Å²) >= 11 is 0. The van der Waals surface area contributed by atoms with Crippen LogP contribution in [0.4, 0.5) is 0 Å². The molecule has 2 N–H and O–H groups in total. The molecule has 0 spiro atoms. The minimum atomic E-state index is -0.699. The van der Waals surface area contributed by atoms with Crippen LogP contribution in [0, 0.1) is 0 Å². The summed E-state index contributed by atoms with van der Waals surface area (Å²) in [6.07, 6.45) is 18.5. The van der Waals surface area contributed by atoms with Gasteiger partial charge in [-0.15, -0.1) is 0 Å². The largest absolute Gasteiger partial charge is 0.481 e. The molecule has 4 nitrogen and oxygen atoms in total. The van der Waals surface area contributed by atoms with Crippen LogP contribution in [0.1, 0.15) is 77.6 Å². The van der Waals surface area contributed by atoms with Crippen molar-refractivity contribution in [2.45, 2.75) is 83.7 Å². The summed E-state index contributed by atoms with van der Waals surface area (Å²) in [5.41, 5.74) is 0. The fourth-order valence-electron chi connectivity index (χ4n) is 2.21. The van der Waals surface area contributed by atoms with Crippen LogP contribution >= 0.6 is 0 Å². The number of unbranched alkanes of at least 4 members (excludes halogenated alkanes) is 7. The van der Waals surface area contributed by atoms with Crippen molar-refractivity contribution in [3.05, 3.63) is 24.3 Å². The predicted octanol–water partition coefficient (Wildman–Crippen LogP) is 5.35. The molecule has 0 aliphatic heterocycles. The van der Waals surface area contributed by atoms with Gasteiger partial charge in [-0.25, -0.2) is 4.89 Å². The molecule has 0 aromatic carbocycles. The van der Waals surface area contributed by atoms with Crippen molar-refractivity contribution in [2.24, 2.45) is 0 Å². The molecule has 0 rings (SSSR count). The molecule has 128 valence electrons. The maximum Gasteiger partial charge on any atom is 0.303 e. The van der Waals surface area contributed by atoms with Crippen LogP contribution in [0.2, 0.25) is 0 Å². The number of hydrogen-bond acceptors (Lipinski definition) is 3. The van der Waals surface area contributed by atoms with E-state index in [0.717, 1.165) is 64.2 Å². The van der Waals surface area contributed by atoms with Crippen LogP contribution in [0.15, 0.2) is 24.3 Å². The van der Waals surface area contributed by atoms with E-state index >= 15 is 0 Å². The third-order valence-corrected chi connectivity index (χ3v) is 3.56. The van der Waals surface area contributed by atoms with Gasteiger partial charge < -0.3 is 5.11 Å². The first-order valence-electron chi connectivity index (χ1n) is 8.56. The van der Waals surface area contributed by atoms with Crippen LogP contribution in [0.3, 0.4) is 0 Å². The Balaban J connectivity index is 3.51. The van der Waals surface area contributed by atoms with Crippen LogP contribution in [-0.4, -0.2) is 22.4 Å². The van der Waals surface area contributed by atoms with E-state index in [2.05, 4.69) is 17.9 Å².